The molecule has 0 atom stereocenters. The average molecular weight is 237 g/mol. The second-order valence-electron chi connectivity index (χ2n) is 4.23. The Bertz CT molecular complexity index is 248. The molecule has 1 aromatic rings. The van der Waals surface area contributed by atoms with Crippen LogP contribution < -0.4 is 5.14 Å². The normalized spacial score (nSPS) is 10.6. The van der Waals surface area contributed by atoms with E-state index in [1.807, 2.05) is 0 Å². The van der Waals surface area contributed by atoms with Gasteiger partial charge >= 0.3 is 0 Å². The summed E-state index contributed by atoms with van der Waals surface area (Å²) in [6.45, 7) is 0. The van der Waals surface area contributed by atoms with Crippen LogP contribution in [0.5, 0.6) is 0 Å². The molecule has 0 spiro atoms. The van der Waals surface area contributed by atoms with Crippen molar-refractivity contribution in [1.82, 2.24) is 0 Å². The van der Waals surface area contributed by atoms with Crippen molar-refractivity contribution < 1.29 is 0 Å². The molecule has 0 aliphatic rings. The van der Waals surface area contributed by atoms with Gasteiger partial charge in [0.15, 0.2) is 0 Å². The zero-order valence-electron chi connectivity index (χ0n) is 10.0. The van der Waals surface area contributed by atoms with E-state index < -0.39 is 0 Å². The number of unbranched alkanes of at least 4 members (excludes halogenated alkanes) is 5. The van der Waals surface area contributed by atoms with Crippen molar-refractivity contribution in [2.45, 2.75) is 44.9 Å². The first-order valence-electron chi connectivity index (χ1n) is 6.29. The summed E-state index contributed by atoms with van der Waals surface area (Å²) in [6, 6.07) is 10.8. The Morgan fingerprint density at radius 1 is 0.812 bits per heavy atom. The van der Waals surface area contributed by atoms with Gasteiger partial charge < -0.3 is 0 Å². The van der Waals surface area contributed by atoms with E-state index in [4.69, 9.17) is 5.14 Å². The predicted molar refractivity (Wildman–Crippen MR) is 74.5 cm³/mol. The topological polar surface area (TPSA) is 26.0 Å². The fraction of sp³-hybridized carbons (Fsp3) is 0.571. The van der Waals surface area contributed by atoms with E-state index in [9.17, 15) is 0 Å². The van der Waals surface area contributed by atoms with E-state index in [2.05, 4.69) is 30.3 Å². The van der Waals surface area contributed by atoms with Crippen molar-refractivity contribution in [1.29, 1.82) is 0 Å². The number of benzene rings is 1. The monoisotopic (exact) mass is 237 g/mol. The average Bonchev–Trinajstić information content (AvgIpc) is 2.34. The summed E-state index contributed by atoms with van der Waals surface area (Å²) in [6.07, 6.45) is 9.30. The molecular weight excluding hydrogens is 214 g/mol. The van der Waals surface area contributed by atoms with Gasteiger partial charge in [-0.3, -0.25) is 5.14 Å². The van der Waals surface area contributed by atoms with Crippen LogP contribution in [0.2, 0.25) is 0 Å². The molecule has 0 saturated carbocycles. The third-order valence-electron chi connectivity index (χ3n) is 2.82. The molecular formula is C14H23NS. The summed E-state index contributed by atoms with van der Waals surface area (Å²) >= 11 is 1.47. The number of rotatable bonds is 9. The van der Waals surface area contributed by atoms with Crippen LogP contribution in [-0.4, -0.2) is 5.75 Å². The molecule has 0 aliphatic carbocycles. The standard InChI is InChI=1S/C14H23NS/c15-16-13-9-4-2-1-3-6-10-14-11-7-5-8-12-14/h5,7-8,11-12H,1-4,6,9-10,13,15H2. The van der Waals surface area contributed by atoms with Crippen LogP contribution in [0.4, 0.5) is 0 Å². The van der Waals surface area contributed by atoms with E-state index >= 15 is 0 Å². The van der Waals surface area contributed by atoms with E-state index in [0.717, 1.165) is 5.75 Å². The minimum Gasteiger partial charge on any atom is -0.278 e. The first kappa shape index (κ1) is 13.6. The highest BCUT2D eigenvalue weighted by molar-refractivity contribution is 7.97. The van der Waals surface area contributed by atoms with Crippen LogP contribution in [0.3, 0.4) is 0 Å². The number of hydrogen-bond acceptors (Lipinski definition) is 2. The van der Waals surface area contributed by atoms with E-state index in [0.29, 0.717) is 0 Å². The van der Waals surface area contributed by atoms with Crippen molar-refractivity contribution in [3.63, 3.8) is 0 Å². The van der Waals surface area contributed by atoms with Crippen molar-refractivity contribution in [2.24, 2.45) is 5.14 Å². The molecule has 0 aliphatic heterocycles. The van der Waals surface area contributed by atoms with Gasteiger partial charge in [0.05, 0.1) is 0 Å². The molecule has 2 N–H and O–H groups in total. The lowest BCUT2D eigenvalue weighted by atomic mass is 10.1. The summed E-state index contributed by atoms with van der Waals surface area (Å²) in [4.78, 5) is 0. The Balaban J connectivity index is 1.89. The lowest BCUT2D eigenvalue weighted by Crippen LogP contribution is -1.87. The minimum absolute atomic E-state index is 1.12. The van der Waals surface area contributed by atoms with Gasteiger partial charge in [-0.25, -0.2) is 0 Å². The van der Waals surface area contributed by atoms with Crippen molar-refractivity contribution in [2.75, 3.05) is 5.75 Å². The Morgan fingerprint density at radius 2 is 1.44 bits per heavy atom. The highest BCUT2D eigenvalue weighted by Gasteiger charge is 1.93. The smallest absolute Gasteiger partial charge is 0.00764 e. The summed E-state index contributed by atoms with van der Waals surface area (Å²) in [5, 5.41) is 5.37. The van der Waals surface area contributed by atoms with E-state index in [-0.39, 0.29) is 0 Å². The van der Waals surface area contributed by atoms with Crippen LogP contribution in [0.1, 0.15) is 44.1 Å². The van der Waals surface area contributed by atoms with Gasteiger partial charge in [-0.15, -0.1) is 0 Å². The maximum absolute atomic E-state index is 5.37. The second-order valence-corrected chi connectivity index (χ2v) is 4.97. The maximum atomic E-state index is 5.37. The van der Waals surface area contributed by atoms with E-state index in [1.165, 1.54) is 62.5 Å². The summed E-state index contributed by atoms with van der Waals surface area (Å²) in [5.74, 6) is 1.12. The molecule has 0 saturated heterocycles. The summed E-state index contributed by atoms with van der Waals surface area (Å²) < 4.78 is 0. The van der Waals surface area contributed by atoms with E-state index in [1.54, 1.807) is 0 Å². The molecule has 0 unspecified atom stereocenters. The molecule has 0 heterocycles. The minimum atomic E-state index is 1.12. The van der Waals surface area contributed by atoms with Crippen LogP contribution >= 0.6 is 11.9 Å². The Kier molecular flexibility index (Phi) is 8.27. The highest BCUT2D eigenvalue weighted by Crippen LogP contribution is 2.10. The summed E-state index contributed by atoms with van der Waals surface area (Å²) in [7, 11) is 0. The largest absolute Gasteiger partial charge is 0.278 e. The van der Waals surface area contributed by atoms with Crippen LogP contribution in [0.15, 0.2) is 30.3 Å². The quantitative estimate of drug-likeness (QED) is 0.515. The van der Waals surface area contributed by atoms with Gasteiger partial charge in [-0.2, -0.15) is 0 Å². The van der Waals surface area contributed by atoms with Crippen LogP contribution in [-0.2, 0) is 6.42 Å². The zero-order chi connectivity index (χ0) is 11.5. The molecule has 2 heteroatoms. The molecule has 16 heavy (non-hydrogen) atoms. The molecule has 0 aromatic heterocycles. The van der Waals surface area contributed by atoms with Crippen molar-refractivity contribution in [3.8, 4) is 0 Å². The van der Waals surface area contributed by atoms with Gasteiger partial charge in [0.1, 0.15) is 0 Å². The zero-order valence-corrected chi connectivity index (χ0v) is 10.8. The molecule has 1 aromatic carbocycles. The first-order valence-corrected chi connectivity index (χ1v) is 7.34. The fourth-order valence-corrected chi connectivity index (χ4v) is 2.24. The Labute approximate surface area is 104 Å². The van der Waals surface area contributed by atoms with Crippen molar-refractivity contribution >= 4 is 11.9 Å². The van der Waals surface area contributed by atoms with Gasteiger partial charge in [0.2, 0.25) is 0 Å². The third kappa shape index (κ3) is 6.91. The first-order chi connectivity index (χ1) is 7.93. The molecule has 0 fully saturated rings. The van der Waals surface area contributed by atoms with Gasteiger partial charge in [0, 0.05) is 5.75 Å². The molecule has 0 radical (unpaired) electrons. The van der Waals surface area contributed by atoms with Crippen molar-refractivity contribution in [3.05, 3.63) is 35.9 Å². The molecule has 90 valence electrons. The fourth-order valence-electron chi connectivity index (χ4n) is 1.87. The van der Waals surface area contributed by atoms with Gasteiger partial charge in [0.25, 0.3) is 0 Å². The summed E-state index contributed by atoms with van der Waals surface area (Å²) in [5.41, 5.74) is 1.47. The Morgan fingerprint density at radius 3 is 2.12 bits per heavy atom. The molecule has 0 bridgehead atoms. The van der Waals surface area contributed by atoms with Gasteiger partial charge in [-0.1, -0.05) is 68.0 Å². The molecule has 0 amide bonds. The van der Waals surface area contributed by atoms with Crippen LogP contribution in [0, 0.1) is 0 Å². The SMILES string of the molecule is NSCCCCCCCCc1ccccc1. The number of aryl methyl sites for hydroxylation is 1. The maximum Gasteiger partial charge on any atom is 0.00764 e. The third-order valence-corrected chi connectivity index (χ3v) is 3.34. The molecule has 1 rings (SSSR count). The highest BCUT2D eigenvalue weighted by atomic mass is 32.2. The predicted octanol–water partition coefficient (Wildman–Crippen LogP) is 4.18. The second kappa shape index (κ2) is 9.73. The van der Waals surface area contributed by atoms with Gasteiger partial charge in [-0.05, 0) is 24.8 Å². The lowest BCUT2D eigenvalue weighted by molar-refractivity contribution is 0.609. The lowest BCUT2D eigenvalue weighted by Gasteiger charge is -2.02. The Hall–Kier alpha value is -0.470. The number of nitrogens with two attached hydrogens (primary N) is 1. The molecule has 1 nitrogen and oxygen atoms in total. The van der Waals surface area contributed by atoms with Crippen LogP contribution in [0.25, 0.3) is 0 Å². The number of hydrogen-bond donors (Lipinski definition) is 1.